The molecule has 0 saturated carbocycles. The maximum atomic E-state index is 13.5. The molecular weight excluding hydrogens is 447 g/mol. The normalized spacial score (nSPS) is 16.8. The Morgan fingerprint density at radius 2 is 2.12 bits per heavy atom. The number of carbonyl (C=O) groups is 1. The molecule has 0 unspecified atom stereocenters. The summed E-state index contributed by atoms with van der Waals surface area (Å²) in [4.78, 5) is 14.0. The van der Waals surface area contributed by atoms with Gasteiger partial charge in [-0.3, -0.25) is 0 Å². The first-order valence-electron chi connectivity index (χ1n) is 10.8. The molecule has 0 radical (unpaired) electrons. The summed E-state index contributed by atoms with van der Waals surface area (Å²) in [6.07, 6.45) is 7.74. The van der Waals surface area contributed by atoms with E-state index in [1.54, 1.807) is 24.3 Å². The van der Waals surface area contributed by atoms with Crippen LogP contribution in [0.2, 0.25) is 5.02 Å². The fraction of sp³-hybridized carbons (Fsp3) is 0.292. The van der Waals surface area contributed by atoms with Gasteiger partial charge in [-0.1, -0.05) is 37.6 Å². The van der Waals surface area contributed by atoms with Gasteiger partial charge >= 0.3 is 5.97 Å². The van der Waals surface area contributed by atoms with E-state index >= 15 is 0 Å². The molecule has 0 amide bonds. The van der Waals surface area contributed by atoms with Gasteiger partial charge in [-0.25, -0.2) is 9.18 Å². The SMILES string of the molecule is CC.O=C(O)c1cc2c(Nc3ccc(OC/C4=C/C/C(F)=C\CCC4)c(Cl)c3)nncc2[nH]1. The van der Waals surface area contributed by atoms with Gasteiger partial charge in [0.05, 0.1) is 22.6 Å². The number of anilines is 2. The van der Waals surface area contributed by atoms with Crippen LogP contribution in [0.15, 0.2) is 54.0 Å². The number of nitrogens with zero attached hydrogens (tertiary/aromatic N) is 2. The summed E-state index contributed by atoms with van der Waals surface area (Å²) in [5.74, 6) is -0.252. The first kappa shape index (κ1) is 24.3. The van der Waals surface area contributed by atoms with Crippen molar-refractivity contribution in [2.45, 2.75) is 39.5 Å². The van der Waals surface area contributed by atoms with Crippen LogP contribution in [0.1, 0.15) is 50.0 Å². The van der Waals surface area contributed by atoms with Crippen molar-refractivity contribution in [3.8, 4) is 5.75 Å². The Kier molecular flexibility index (Phi) is 8.43. The molecule has 4 rings (SSSR count). The number of nitrogens with one attached hydrogen (secondary N) is 2. The van der Waals surface area contributed by atoms with E-state index in [1.807, 2.05) is 19.9 Å². The number of carboxylic acid groups (broad SMARTS) is 1. The number of ether oxygens (including phenoxy) is 1. The zero-order valence-corrected chi connectivity index (χ0v) is 19.2. The lowest BCUT2D eigenvalue weighted by Crippen LogP contribution is -2.03. The average molecular weight is 473 g/mol. The van der Waals surface area contributed by atoms with Crippen molar-refractivity contribution in [3.63, 3.8) is 0 Å². The number of hydrogen-bond acceptors (Lipinski definition) is 5. The second-order valence-corrected chi connectivity index (χ2v) is 7.58. The molecule has 9 heteroatoms. The summed E-state index contributed by atoms with van der Waals surface area (Å²) < 4.78 is 19.3. The van der Waals surface area contributed by atoms with Crippen LogP contribution in [0.3, 0.4) is 0 Å². The fourth-order valence-corrected chi connectivity index (χ4v) is 3.56. The quantitative estimate of drug-likeness (QED) is 0.340. The third kappa shape index (κ3) is 6.32. The van der Waals surface area contributed by atoms with Crippen molar-refractivity contribution in [3.05, 3.63) is 64.7 Å². The molecule has 3 N–H and O–H groups in total. The summed E-state index contributed by atoms with van der Waals surface area (Å²) in [5, 5.41) is 21.2. The molecule has 33 heavy (non-hydrogen) atoms. The summed E-state index contributed by atoms with van der Waals surface area (Å²) >= 11 is 6.39. The number of hydrogen-bond donors (Lipinski definition) is 3. The maximum absolute atomic E-state index is 13.5. The number of rotatable bonds is 6. The van der Waals surface area contributed by atoms with Gasteiger partial charge in [0, 0.05) is 17.5 Å². The molecule has 0 fully saturated rings. The highest BCUT2D eigenvalue weighted by atomic mass is 35.5. The molecule has 174 valence electrons. The Morgan fingerprint density at radius 3 is 2.88 bits per heavy atom. The third-order valence-electron chi connectivity index (χ3n) is 4.94. The van der Waals surface area contributed by atoms with Crippen LogP contribution in [0.25, 0.3) is 10.9 Å². The molecular formula is C24H26ClFN4O3. The number of aromatic amines is 1. The molecule has 0 spiro atoms. The Hall–Kier alpha value is -3.39. The van der Waals surface area contributed by atoms with Crippen molar-refractivity contribution in [2.75, 3.05) is 11.9 Å². The lowest BCUT2D eigenvalue weighted by Gasteiger charge is -2.14. The predicted octanol–water partition coefficient (Wildman–Crippen LogP) is 6.81. The second-order valence-electron chi connectivity index (χ2n) is 7.18. The highest BCUT2D eigenvalue weighted by Crippen LogP contribution is 2.31. The number of fused-ring (bicyclic) bond motifs is 1. The number of halogens is 2. The lowest BCUT2D eigenvalue weighted by atomic mass is 10.0. The van der Waals surface area contributed by atoms with Crippen LogP contribution in [0.5, 0.6) is 5.75 Å². The van der Waals surface area contributed by atoms with Crippen LogP contribution >= 0.6 is 11.6 Å². The molecule has 0 saturated heterocycles. The van der Waals surface area contributed by atoms with Crippen molar-refractivity contribution >= 4 is 40.0 Å². The summed E-state index contributed by atoms with van der Waals surface area (Å²) in [6.45, 7) is 4.35. The van der Waals surface area contributed by atoms with Crippen molar-refractivity contribution in [1.82, 2.24) is 15.2 Å². The summed E-state index contributed by atoms with van der Waals surface area (Å²) in [5.41, 5.74) is 2.30. The van der Waals surface area contributed by atoms with E-state index in [1.165, 1.54) is 12.3 Å². The van der Waals surface area contributed by atoms with E-state index in [4.69, 9.17) is 16.3 Å². The van der Waals surface area contributed by atoms with Crippen LogP contribution in [-0.2, 0) is 0 Å². The minimum Gasteiger partial charge on any atom is -0.488 e. The Morgan fingerprint density at radius 1 is 1.30 bits per heavy atom. The van der Waals surface area contributed by atoms with E-state index in [0.29, 0.717) is 46.2 Å². The van der Waals surface area contributed by atoms with Gasteiger partial charge in [0.15, 0.2) is 5.82 Å². The largest absolute Gasteiger partial charge is 0.488 e. The van der Waals surface area contributed by atoms with E-state index in [0.717, 1.165) is 24.8 Å². The molecule has 2 heterocycles. The molecule has 7 nitrogen and oxygen atoms in total. The molecule has 3 aromatic rings. The molecule has 0 aliphatic heterocycles. The average Bonchev–Trinajstić information content (AvgIpc) is 3.25. The summed E-state index contributed by atoms with van der Waals surface area (Å²) in [7, 11) is 0. The van der Waals surface area contributed by atoms with Gasteiger partial charge in [0.2, 0.25) is 0 Å². The maximum Gasteiger partial charge on any atom is 0.352 e. The predicted molar refractivity (Wildman–Crippen MR) is 128 cm³/mol. The Balaban J connectivity index is 0.00000149. The number of H-pyrrole nitrogens is 1. The van der Waals surface area contributed by atoms with Crippen LogP contribution in [0, 0.1) is 0 Å². The minimum absolute atomic E-state index is 0.0496. The fourth-order valence-electron chi connectivity index (χ4n) is 3.32. The van der Waals surface area contributed by atoms with Gasteiger partial charge in [0.1, 0.15) is 18.1 Å². The Labute approximate surface area is 196 Å². The number of aromatic nitrogens is 3. The number of benzene rings is 1. The topological polar surface area (TPSA) is 100 Å². The van der Waals surface area contributed by atoms with Crippen LogP contribution in [-0.4, -0.2) is 32.9 Å². The van der Waals surface area contributed by atoms with Crippen LogP contribution < -0.4 is 10.1 Å². The molecule has 0 atom stereocenters. The van der Waals surface area contributed by atoms with E-state index < -0.39 is 5.97 Å². The van der Waals surface area contributed by atoms with E-state index in [9.17, 15) is 14.3 Å². The van der Waals surface area contributed by atoms with Gasteiger partial charge in [0.25, 0.3) is 0 Å². The molecule has 1 aliphatic rings. The zero-order valence-electron chi connectivity index (χ0n) is 18.5. The first-order valence-corrected chi connectivity index (χ1v) is 11.2. The van der Waals surface area contributed by atoms with Gasteiger partial charge in [-0.15, -0.1) is 5.10 Å². The van der Waals surface area contributed by atoms with E-state index in [-0.39, 0.29) is 11.5 Å². The zero-order chi connectivity index (χ0) is 23.8. The van der Waals surface area contributed by atoms with Gasteiger partial charge in [-0.2, -0.15) is 5.10 Å². The number of carboxylic acids is 1. The van der Waals surface area contributed by atoms with Crippen LogP contribution in [0.4, 0.5) is 15.9 Å². The van der Waals surface area contributed by atoms with E-state index in [2.05, 4.69) is 20.5 Å². The third-order valence-corrected chi connectivity index (χ3v) is 5.23. The molecule has 1 aromatic carbocycles. The lowest BCUT2D eigenvalue weighted by molar-refractivity contribution is 0.0691. The smallest absolute Gasteiger partial charge is 0.352 e. The van der Waals surface area contributed by atoms with Crippen molar-refractivity contribution in [1.29, 1.82) is 0 Å². The molecule has 2 aromatic heterocycles. The Bertz CT molecular complexity index is 1190. The summed E-state index contributed by atoms with van der Waals surface area (Å²) in [6, 6.07) is 6.70. The minimum atomic E-state index is -1.06. The second kappa shape index (κ2) is 11.5. The molecule has 0 bridgehead atoms. The number of aromatic carboxylic acids is 1. The highest BCUT2D eigenvalue weighted by molar-refractivity contribution is 6.32. The van der Waals surface area contributed by atoms with Gasteiger partial charge in [-0.05, 0) is 49.1 Å². The first-order chi connectivity index (χ1) is 16.0. The van der Waals surface area contributed by atoms with Crippen molar-refractivity contribution in [2.24, 2.45) is 0 Å². The monoisotopic (exact) mass is 472 g/mol. The van der Waals surface area contributed by atoms with Crippen molar-refractivity contribution < 1.29 is 19.0 Å². The molecule has 1 aliphatic carbocycles. The standard InChI is InChI=1S/C22H20ClFN4O3.C2H6/c23-17-9-15(26-21-16-10-18(22(29)30)27-19(16)11-25-28-21)7-8-20(17)31-12-13-3-1-2-4-14(24)6-5-13;1-2/h4-5,7-11,27H,1-3,6,12H2,(H,26,28)(H,29,30);1-2H3/b13-5+,14-4+;. The van der Waals surface area contributed by atoms with Gasteiger partial charge < -0.3 is 20.1 Å². The highest BCUT2D eigenvalue weighted by Gasteiger charge is 2.13. The number of allylic oxidation sites excluding steroid dienone is 3.